The van der Waals surface area contributed by atoms with Gasteiger partial charge in [0.15, 0.2) is 0 Å². The van der Waals surface area contributed by atoms with Gasteiger partial charge in [-0.15, -0.1) is 0 Å². The highest BCUT2D eigenvalue weighted by Crippen LogP contribution is 2.29. The standard InChI is InChI=1S/C23H25FN4O3/c1-13-18(21(30)26-16-7-8-17(24)15(11-16)12-25)14(2)28(4)19(13)20(29)22(31)27-23(3)9-5-6-10-23/h7-8,11H,5-6,9-10H2,1-4H3,(H,26,30)(H,27,31). The smallest absolute Gasteiger partial charge is 0.294 e. The van der Waals surface area contributed by atoms with E-state index >= 15 is 0 Å². The lowest BCUT2D eigenvalue weighted by Crippen LogP contribution is -2.47. The normalized spacial score (nSPS) is 14.7. The molecule has 8 heteroatoms. The summed E-state index contributed by atoms with van der Waals surface area (Å²) >= 11 is 0. The molecule has 2 amide bonds. The maximum Gasteiger partial charge on any atom is 0.294 e. The van der Waals surface area contributed by atoms with Crippen LogP contribution in [0.4, 0.5) is 10.1 Å². The number of nitriles is 1. The molecule has 7 nitrogen and oxygen atoms in total. The summed E-state index contributed by atoms with van der Waals surface area (Å²) in [7, 11) is 1.63. The van der Waals surface area contributed by atoms with E-state index in [1.54, 1.807) is 27.0 Å². The number of Topliss-reactive ketones (excluding diaryl/α,β-unsaturated/α-hetero) is 1. The van der Waals surface area contributed by atoms with E-state index in [1.807, 2.05) is 6.92 Å². The Morgan fingerprint density at radius 1 is 1.19 bits per heavy atom. The molecule has 0 atom stereocenters. The minimum Gasteiger partial charge on any atom is -0.344 e. The van der Waals surface area contributed by atoms with Gasteiger partial charge in [0, 0.05) is 24.0 Å². The van der Waals surface area contributed by atoms with E-state index in [0.717, 1.165) is 31.7 Å². The van der Waals surface area contributed by atoms with E-state index in [0.29, 0.717) is 11.3 Å². The molecule has 0 unspecified atom stereocenters. The predicted molar refractivity (Wildman–Crippen MR) is 113 cm³/mol. The first-order valence-electron chi connectivity index (χ1n) is 10.1. The third-order valence-electron chi connectivity index (χ3n) is 6.05. The van der Waals surface area contributed by atoms with Crippen LogP contribution in [0.1, 0.15) is 70.3 Å². The largest absolute Gasteiger partial charge is 0.344 e. The Morgan fingerprint density at radius 2 is 1.84 bits per heavy atom. The van der Waals surface area contributed by atoms with E-state index in [-0.39, 0.29) is 28.0 Å². The molecule has 1 saturated carbocycles. The number of hydrogen-bond acceptors (Lipinski definition) is 4. The number of nitrogens with one attached hydrogen (secondary N) is 2. The molecular weight excluding hydrogens is 399 g/mol. The van der Waals surface area contributed by atoms with Gasteiger partial charge in [-0.05, 0) is 57.4 Å². The Bertz CT molecular complexity index is 1120. The van der Waals surface area contributed by atoms with Gasteiger partial charge >= 0.3 is 0 Å². The highest BCUT2D eigenvalue weighted by molar-refractivity contribution is 6.43. The number of ketones is 1. The molecule has 1 aliphatic rings. The first-order chi connectivity index (χ1) is 14.6. The number of carbonyl (C=O) groups is 3. The van der Waals surface area contributed by atoms with Crippen molar-refractivity contribution in [1.29, 1.82) is 5.26 Å². The Balaban J connectivity index is 1.87. The topological polar surface area (TPSA) is 104 Å². The zero-order valence-electron chi connectivity index (χ0n) is 18.1. The highest BCUT2D eigenvalue weighted by atomic mass is 19.1. The van der Waals surface area contributed by atoms with Crippen LogP contribution in [0.15, 0.2) is 18.2 Å². The lowest BCUT2D eigenvalue weighted by molar-refractivity contribution is -0.118. The van der Waals surface area contributed by atoms with Crippen LogP contribution in [-0.4, -0.2) is 27.7 Å². The second kappa shape index (κ2) is 8.34. The zero-order chi connectivity index (χ0) is 22.9. The Kier molecular flexibility index (Phi) is 5.98. The summed E-state index contributed by atoms with van der Waals surface area (Å²) in [6.45, 7) is 5.23. The van der Waals surface area contributed by atoms with Crippen molar-refractivity contribution in [2.24, 2.45) is 7.05 Å². The molecule has 1 aromatic heterocycles. The van der Waals surface area contributed by atoms with Crippen LogP contribution in [0, 0.1) is 31.0 Å². The predicted octanol–water partition coefficient (Wildman–Crippen LogP) is 3.54. The van der Waals surface area contributed by atoms with Crippen LogP contribution in [0.2, 0.25) is 0 Å². The second-order valence-electron chi connectivity index (χ2n) is 8.30. The molecule has 1 aliphatic carbocycles. The van der Waals surface area contributed by atoms with E-state index in [9.17, 15) is 18.8 Å². The molecular formula is C23H25FN4O3. The third-order valence-corrected chi connectivity index (χ3v) is 6.05. The molecule has 0 radical (unpaired) electrons. The molecule has 1 aromatic carbocycles. The Morgan fingerprint density at radius 3 is 2.45 bits per heavy atom. The quantitative estimate of drug-likeness (QED) is 0.566. The molecule has 1 heterocycles. The minimum absolute atomic E-state index is 0.151. The van der Waals surface area contributed by atoms with Crippen LogP contribution in [-0.2, 0) is 11.8 Å². The lowest BCUT2D eigenvalue weighted by atomic mass is 10.00. The number of aromatic nitrogens is 1. The van der Waals surface area contributed by atoms with Gasteiger partial charge in [0.05, 0.1) is 16.8 Å². The summed E-state index contributed by atoms with van der Waals surface area (Å²) in [5, 5.41) is 14.5. The van der Waals surface area contributed by atoms with Crippen molar-refractivity contribution in [3.63, 3.8) is 0 Å². The number of carbonyl (C=O) groups excluding carboxylic acids is 3. The van der Waals surface area contributed by atoms with Gasteiger partial charge in [-0.2, -0.15) is 5.26 Å². The molecule has 0 bridgehead atoms. The highest BCUT2D eigenvalue weighted by Gasteiger charge is 2.34. The third kappa shape index (κ3) is 4.22. The monoisotopic (exact) mass is 424 g/mol. The molecule has 31 heavy (non-hydrogen) atoms. The van der Waals surface area contributed by atoms with E-state index < -0.39 is 23.4 Å². The van der Waals surface area contributed by atoms with Gasteiger partial charge in [0.25, 0.3) is 17.6 Å². The van der Waals surface area contributed by atoms with Crippen molar-refractivity contribution in [3.05, 3.63) is 52.1 Å². The maximum atomic E-state index is 13.5. The van der Waals surface area contributed by atoms with Gasteiger partial charge < -0.3 is 15.2 Å². The molecule has 0 aliphatic heterocycles. The average molecular weight is 424 g/mol. The first kappa shape index (κ1) is 22.2. The number of amides is 2. The van der Waals surface area contributed by atoms with Gasteiger partial charge in [-0.25, -0.2) is 4.39 Å². The Hall–Kier alpha value is -3.47. The number of hydrogen-bond donors (Lipinski definition) is 2. The fourth-order valence-corrected chi connectivity index (χ4v) is 4.23. The van der Waals surface area contributed by atoms with E-state index in [2.05, 4.69) is 10.6 Å². The summed E-state index contributed by atoms with van der Waals surface area (Å²) in [4.78, 5) is 38.5. The molecule has 2 N–H and O–H groups in total. The van der Waals surface area contributed by atoms with Gasteiger partial charge in [0.2, 0.25) is 0 Å². The maximum absolute atomic E-state index is 13.5. The van der Waals surface area contributed by atoms with Crippen molar-refractivity contribution in [2.75, 3.05) is 5.32 Å². The van der Waals surface area contributed by atoms with Crippen molar-refractivity contribution in [1.82, 2.24) is 9.88 Å². The van der Waals surface area contributed by atoms with Crippen molar-refractivity contribution >= 4 is 23.3 Å². The van der Waals surface area contributed by atoms with Crippen molar-refractivity contribution in [3.8, 4) is 6.07 Å². The number of anilines is 1. The van der Waals surface area contributed by atoms with Crippen molar-refractivity contribution < 1.29 is 18.8 Å². The first-order valence-corrected chi connectivity index (χ1v) is 10.1. The molecule has 2 aromatic rings. The van der Waals surface area contributed by atoms with Crippen LogP contribution in [0.3, 0.4) is 0 Å². The fraction of sp³-hybridized carbons (Fsp3) is 0.391. The molecule has 1 fully saturated rings. The fourth-order valence-electron chi connectivity index (χ4n) is 4.23. The summed E-state index contributed by atoms with van der Waals surface area (Å²) in [5.41, 5.74) is 0.990. The minimum atomic E-state index is -0.691. The van der Waals surface area contributed by atoms with Crippen LogP contribution in [0.5, 0.6) is 0 Å². The average Bonchev–Trinajstić information content (AvgIpc) is 3.23. The second-order valence-corrected chi connectivity index (χ2v) is 8.30. The van der Waals surface area contributed by atoms with Crippen molar-refractivity contribution in [2.45, 2.75) is 52.0 Å². The van der Waals surface area contributed by atoms with Gasteiger partial charge in [0.1, 0.15) is 11.9 Å². The van der Waals surface area contributed by atoms with Gasteiger partial charge in [-0.3, -0.25) is 14.4 Å². The summed E-state index contributed by atoms with van der Waals surface area (Å²) in [6, 6.07) is 5.41. The number of nitrogens with zero attached hydrogens (tertiary/aromatic N) is 2. The zero-order valence-corrected chi connectivity index (χ0v) is 18.1. The summed E-state index contributed by atoms with van der Waals surface area (Å²) < 4.78 is 15.1. The molecule has 3 rings (SSSR count). The number of halogens is 1. The molecule has 0 spiro atoms. The number of benzene rings is 1. The van der Waals surface area contributed by atoms with Gasteiger partial charge in [-0.1, -0.05) is 12.8 Å². The summed E-state index contributed by atoms with van der Waals surface area (Å²) in [6.07, 6.45) is 3.67. The molecule has 162 valence electrons. The Labute approximate surface area is 180 Å². The SMILES string of the molecule is Cc1c(C(=O)Nc2ccc(F)c(C#N)c2)c(C)n(C)c1C(=O)C(=O)NC1(C)CCCC1. The van der Waals surface area contributed by atoms with Crippen LogP contribution < -0.4 is 10.6 Å². The lowest BCUT2D eigenvalue weighted by Gasteiger charge is -2.24. The van der Waals surface area contributed by atoms with E-state index in [4.69, 9.17) is 5.26 Å². The number of rotatable bonds is 5. The van der Waals surface area contributed by atoms with Crippen LogP contribution >= 0.6 is 0 Å². The summed E-state index contributed by atoms with van der Waals surface area (Å²) in [5.74, 6) is -2.56. The molecule has 0 saturated heterocycles. The van der Waals surface area contributed by atoms with Crippen LogP contribution in [0.25, 0.3) is 0 Å². The van der Waals surface area contributed by atoms with E-state index in [1.165, 1.54) is 16.7 Å².